The van der Waals surface area contributed by atoms with Crippen LogP contribution < -0.4 is 5.56 Å². The van der Waals surface area contributed by atoms with E-state index in [-0.39, 0.29) is 5.56 Å². The lowest BCUT2D eigenvalue weighted by Gasteiger charge is -2.17. The average Bonchev–Trinajstić information content (AvgIpc) is 2.93. The summed E-state index contributed by atoms with van der Waals surface area (Å²) in [5, 5.41) is 1.68. The third-order valence-electron chi connectivity index (χ3n) is 3.80. The molecule has 2 aromatic rings. The molecule has 2 aromatic heterocycles. The van der Waals surface area contributed by atoms with Crippen molar-refractivity contribution in [2.75, 3.05) is 6.26 Å². The number of hydrogen-bond acceptors (Lipinski definition) is 4. The fourth-order valence-corrected chi connectivity index (χ4v) is 3.18. The molecule has 0 unspecified atom stereocenters. The van der Waals surface area contributed by atoms with Gasteiger partial charge in [-0.05, 0) is 32.1 Å². The quantitative estimate of drug-likeness (QED) is 0.624. The van der Waals surface area contributed by atoms with Gasteiger partial charge >= 0.3 is 0 Å². The topological polar surface area (TPSA) is 47.8 Å². The van der Waals surface area contributed by atoms with Crippen LogP contribution in [0.25, 0.3) is 11.0 Å². The first-order chi connectivity index (χ1) is 9.20. The summed E-state index contributed by atoms with van der Waals surface area (Å²) in [6, 6.07) is 2.20. The standard InChI is InChI=1S/C14H17N3OS/c1-9-7-10-8-15-14(19-2)16-12(10)17(13(9)18)11-5-3-4-6-11/h7-8,11H,3-6H2,1-2H3. The highest BCUT2D eigenvalue weighted by Gasteiger charge is 2.21. The van der Waals surface area contributed by atoms with Gasteiger partial charge in [-0.15, -0.1) is 0 Å². The second-order valence-corrected chi connectivity index (χ2v) is 5.85. The number of aromatic nitrogens is 3. The van der Waals surface area contributed by atoms with Crippen LogP contribution in [0.15, 0.2) is 22.2 Å². The first-order valence-electron chi connectivity index (χ1n) is 6.63. The van der Waals surface area contributed by atoms with E-state index in [4.69, 9.17) is 0 Å². The minimum atomic E-state index is 0.102. The van der Waals surface area contributed by atoms with Crippen LogP contribution in [0.4, 0.5) is 0 Å². The Morgan fingerprint density at radius 2 is 2.11 bits per heavy atom. The molecule has 1 fully saturated rings. The summed E-state index contributed by atoms with van der Waals surface area (Å²) in [5.41, 5.74) is 1.67. The van der Waals surface area contributed by atoms with E-state index in [2.05, 4.69) is 9.97 Å². The van der Waals surface area contributed by atoms with Crippen molar-refractivity contribution >= 4 is 22.8 Å². The molecule has 19 heavy (non-hydrogen) atoms. The van der Waals surface area contributed by atoms with Gasteiger partial charge in [0.1, 0.15) is 5.65 Å². The summed E-state index contributed by atoms with van der Waals surface area (Å²) in [4.78, 5) is 21.3. The maximum atomic E-state index is 12.5. The molecule has 0 aliphatic heterocycles. The molecule has 0 spiro atoms. The summed E-state index contributed by atoms with van der Waals surface area (Å²) < 4.78 is 1.90. The Kier molecular flexibility index (Phi) is 3.31. The summed E-state index contributed by atoms with van der Waals surface area (Å²) in [6.07, 6.45) is 8.34. The molecule has 0 radical (unpaired) electrons. The van der Waals surface area contributed by atoms with Gasteiger partial charge in [-0.2, -0.15) is 0 Å². The maximum Gasteiger partial charge on any atom is 0.255 e. The number of hydrogen-bond donors (Lipinski definition) is 0. The molecule has 0 bridgehead atoms. The second-order valence-electron chi connectivity index (χ2n) is 5.08. The van der Waals surface area contributed by atoms with Crippen LogP contribution in [0.1, 0.15) is 37.3 Å². The predicted molar refractivity (Wildman–Crippen MR) is 77.8 cm³/mol. The third-order valence-corrected chi connectivity index (χ3v) is 4.36. The molecule has 2 heterocycles. The molecule has 0 amide bonds. The molecular formula is C14H17N3OS. The zero-order valence-corrected chi connectivity index (χ0v) is 12.0. The molecule has 3 rings (SSSR count). The Bertz CT molecular complexity index is 674. The monoisotopic (exact) mass is 275 g/mol. The lowest BCUT2D eigenvalue weighted by molar-refractivity contribution is 0.512. The van der Waals surface area contributed by atoms with Crippen LogP contribution >= 0.6 is 11.8 Å². The fourth-order valence-electron chi connectivity index (χ4n) is 2.84. The van der Waals surface area contributed by atoms with Crippen molar-refractivity contribution in [1.29, 1.82) is 0 Å². The van der Waals surface area contributed by atoms with Gasteiger partial charge in [0.15, 0.2) is 5.16 Å². The zero-order valence-electron chi connectivity index (χ0n) is 11.2. The van der Waals surface area contributed by atoms with Gasteiger partial charge in [-0.25, -0.2) is 9.97 Å². The van der Waals surface area contributed by atoms with Gasteiger partial charge in [0.25, 0.3) is 5.56 Å². The van der Waals surface area contributed by atoms with Gasteiger partial charge in [0.05, 0.1) is 0 Å². The van der Waals surface area contributed by atoms with E-state index in [0.29, 0.717) is 6.04 Å². The summed E-state index contributed by atoms with van der Waals surface area (Å²) >= 11 is 1.51. The Morgan fingerprint density at radius 3 is 2.79 bits per heavy atom. The molecule has 5 heteroatoms. The van der Waals surface area contributed by atoms with Crippen LogP contribution in [0.3, 0.4) is 0 Å². The molecule has 0 N–H and O–H groups in total. The minimum absolute atomic E-state index is 0.102. The Morgan fingerprint density at radius 1 is 1.37 bits per heavy atom. The Hall–Kier alpha value is -1.36. The van der Waals surface area contributed by atoms with E-state index in [0.717, 1.165) is 34.6 Å². The summed E-state index contributed by atoms with van der Waals surface area (Å²) in [5.74, 6) is 0. The number of rotatable bonds is 2. The highest BCUT2D eigenvalue weighted by atomic mass is 32.2. The third kappa shape index (κ3) is 2.16. The van der Waals surface area contributed by atoms with Crippen molar-refractivity contribution in [3.63, 3.8) is 0 Å². The molecular weight excluding hydrogens is 258 g/mol. The van der Waals surface area contributed by atoms with E-state index in [1.54, 1.807) is 0 Å². The molecule has 100 valence electrons. The van der Waals surface area contributed by atoms with Crippen LogP contribution in [-0.4, -0.2) is 20.8 Å². The normalized spacial score (nSPS) is 16.3. The molecule has 0 atom stereocenters. The van der Waals surface area contributed by atoms with Crippen molar-refractivity contribution in [3.05, 3.63) is 28.2 Å². The molecule has 1 saturated carbocycles. The highest BCUT2D eigenvalue weighted by Crippen LogP contribution is 2.30. The lowest BCUT2D eigenvalue weighted by atomic mass is 10.2. The van der Waals surface area contributed by atoms with E-state index >= 15 is 0 Å². The van der Waals surface area contributed by atoms with Crippen molar-refractivity contribution in [2.24, 2.45) is 0 Å². The molecule has 1 aliphatic carbocycles. The van der Waals surface area contributed by atoms with E-state index < -0.39 is 0 Å². The smallest absolute Gasteiger partial charge is 0.255 e. The van der Waals surface area contributed by atoms with E-state index in [1.165, 1.54) is 24.6 Å². The van der Waals surface area contributed by atoms with Crippen LogP contribution in [0, 0.1) is 6.92 Å². The second kappa shape index (κ2) is 4.96. The van der Waals surface area contributed by atoms with Crippen LogP contribution in [0.2, 0.25) is 0 Å². The predicted octanol–water partition coefficient (Wildman–Crippen LogP) is 2.94. The summed E-state index contributed by atoms with van der Waals surface area (Å²) in [7, 11) is 0. The Balaban J connectivity index is 2.31. The van der Waals surface area contributed by atoms with Crippen molar-refractivity contribution in [3.8, 4) is 0 Å². The summed E-state index contributed by atoms with van der Waals surface area (Å²) in [6.45, 7) is 1.87. The first-order valence-corrected chi connectivity index (χ1v) is 7.86. The van der Waals surface area contributed by atoms with Crippen molar-refractivity contribution in [1.82, 2.24) is 14.5 Å². The van der Waals surface area contributed by atoms with Gasteiger partial charge in [0.2, 0.25) is 0 Å². The minimum Gasteiger partial charge on any atom is -0.289 e. The Labute approximate surface area is 116 Å². The first kappa shape index (κ1) is 12.7. The molecule has 1 aliphatic rings. The number of nitrogens with zero attached hydrogens (tertiary/aromatic N) is 3. The van der Waals surface area contributed by atoms with Gasteiger partial charge in [-0.3, -0.25) is 9.36 Å². The van der Waals surface area contributed by atoms with Crippen molar-refractivity contribution in [2.45, 2.75) is 43.8 Å². The highest BCUT2D eigenvalue weighted by molar-refractivity contribution is 7.98. The van der Waals surface area contributed by atoms with Gasteiger partial charge < -0.3 is 0 Å². The van der Waals surface area contributed by atoms with E-state index in [9.17, 15) is 4.79 Å². The molecule has 4 nitrogen and oxygen atoms in total. The molecule has 0 saturated heterocycles. The van der Waals surface area contributed by atoms with Crippen LogP contribution in [0.5, 0.6) is 0 Å². The van der Waals surface area contributed by atoms with E-state index in [1.807, 2.05) is 30.0 Å². The lowest BCUT2D eigenvalue weighted by Crippen LogP contribution is -2.26. The zero-order chi connectivity index (χ0) is 13.4. The number of aryl methyl sites for hydroxylation is 1. The largest absolute Gasteiger partial charge is 0.289 e. The van der Waals surface area contributed by atoms with Gasteiger partial charge in [-0.1, -0.05) is 24.6 Å². The number of pyridine rings is 1. The SMILES string of the molecule is CSc1ncc2cc(C)c(=O)n(C3CCCC3)c2n1. The maximum absolute atomic E-state index is 12.5. The average molecular weight is 275 g/mol. The van der Waals surface area contributed by atoms with Gasteiger partial charge in [0, 0.05) is 23.2 Å². The van der Waals surface area contributed by atoms with Crippen LogP contribution in [-0.2, 0) is 0 Å². The molecule has 0 aromatic carbocycles. The number of thioether (sulfide) groups is 1. The number of fused-ring (bicyclic) bond motifs is 1. The fraction of sp³-hybridized carbons (Fsp3) is 0.500. The van der Waals surface area contributed by atoms with Crippen molar-refractivity contribution < 1.29 is 0 Å².